The van der Waals surface area contributed by atoms with Crippen molar-refractivity contribution in [3.8, 4) is 11.1 Å². The third kappa shape index (κ3) is 2.11. The Morgan fingerprint density at radius 3 is 2.53 bits per heavy atom. The van der Waals surface area contributed by atoms with Gasteiger partial charge in [-0.1, -0.05) is 29.8 Å². The molecule has 76 valence electrons. The van der Waals surface area contributed by atoms with Crippen LogP contribution in [0.15, 0.2) is 41.0 Å². The lowest BCUT2D eigenvalue weighted by Crippen LogP contribution is -2.27. The molecule has 0 aliphatic heterocycles. The summed E-state index contributed by atoms with van der Waals surface area (Å²) < 4.78 is 5.02. The number of benzene rings is 1. The molecule has 0 saturated heterocycles. The Bertz CT molecular complexity index is 462. The molecule has 0 aliphatic carbocycles. The van der Waals surface area contributed by atoms with Crippen molar-refractivity contribution in [2.24, 2.45) is 0 Å². The smallest absolute Gasteiger partial charge is 0.472 e. The number of hydrogen-bond donors (Lipinski definition) is 2. The van der Waals surface area contributed by atoms with Crippen molar-refractivity contribution in [1.29, 1.82) is 0 Å². The van der Waals surface area contributed by atoms with Crippen LogP contribution in [0.2, 0.25) is 0 Å². The Morgan fingerprint density at radius 2 is 1.93 bits per heavy atom. The number of hydrogen-bond acceptors (Lipinski definition) is 3. The van der Waals surface area contributed by atoms with Gasteiger partial charge in [-0.2, -0.15) is 0 Å². The summed E-state index contributed by atoms with van der Waals surface area (Å²) in [6, 6.07) is 9.54. The van der Waals surface area contributed by atoms with Gasteiger partial charge in [0.15, 0.2) is 0 Å². The first-order valence-corrected chi connectivity index (χ1v) is 4.68. The van der Waals surface area contributed by atoms with Gasteiger partial charge < -0.3 is 14.5 Å². The lowest BCUT2D eigenvalue weighted by Gasteiger charge is -1.97. The van der Waals surface area contributed by atoms with Crippen LogP contribution in [-0.4, -0.2) is 17.2 Å². The zero-order valence-electron chi connectivity index (χ0n) is 8.34. The third-order valence-electron chi connectivity index (χ3n) is 2.23. The van der Waals surface area contributed by atoms with E-state index in [4.69, 9.17) is 14.5 Å². The highest BCUT2D eigenvalue weighted by molar-refractivity contribution is 6.57. The Balaban J connectivity index is 2.37. The van der Waals surface area contributed by atoms with Crippen LogP contribution in [0, 0.1) is 6.92 Å². The minimum Gasteiger partial charge on any atom is -0.472 e. The molecule has 1 aromatic carbocycles. The van der Waals surface area contributed by atoms with Gasteiger partial charge in [0.25, 0.3) is 0 Å². The van der Waals surface area contributed by atoms with Gasteiger partial charge in [-0.25, -0.2) is 0 Å². The van der Waals surface area contributed by atoms with Gasteiger partial charge >= 0.3 is 7.12 Å². The van der Waals surface area contributed by atoms with E-state index in [-0.39, 0.29) is 5.66 Å². The van der Waals surface area contributed by atoms with Gasteiger partial charge in [-0.15, -0.1) is 0 Å². The fourth-order valence-corrected chi connectivity index (χ4v) is 1.46. The van der Waals surface area contributed by atoms with Crippen molar-refractivity contribution < 1.29 is 14.5 Å². The molecule has 1 aromatic heterocycles. The van der Waals surface area contributed by atoms with Crippen LogP contribution in [0.25, 0.3) is 11.1 Å². The van der Waals surface area contributed by atoms with Crippen molar-refractivity contribution in [2.45, 2.75) is 6.92 Å². The second-order valence-electron chi connectivity index (χ2n) is 3.48. The molecule has 2 aromatic rings. The Kier molecular flexibility index (Phi) is 2.62. The number of aryl methyl sites for hydroxylation is 1. The van der Waals surface area contributed by atoms with Gasteiger partial charge in [0, 0.05) is 5.56 Å². The molecule has 1 heterocycles. The molecule has 0 radical (unpaired) electrons. The summed E-state index contributed by atoms with van der Waals surface area (Å²) in [5.74, 6) is 0. The van der Waals surface area contributed by atoms with E-state index in [1.807, 2.05) is 31.2 Å². The van der Waals surface area contributed by atoms with E-state index in [1.54, 1.807) is 6.07 Å². The molecule has 2 N–H and O–H groups in total. The zero-order chi connectivity index (χ0) is 10.8. The number of rotatable bonds is 2. The molecule has 0 spiro atoms. The molecule has 0 saturated carbocycles. The van der Waals surface area contributed by atoms with Gasteiger partial charge in [-0.3, -0.25) is 0 Å². The van der Waals surface area contributed by atoms with E-state index in [0.29, 0.717) is 0 Å². The zero-order valence-corrected chi connectivity index (χ0v) is 8.34. The topological polar surface area (TPSA) is 53.6 Å². The van der Waals surface area contributed by atoms with E-state index in [9.17, 15) is 0 Å². The maximum absolute atomic E-state index is 8.90. The second-order valence-corrected chi connectivity index (χ2v) is 3.48. The van der Waals surface area contributed by atoms with Crippen molar-refractivity contribution in [1.82, 2.24) is 0 Å². The van der Waals surface area contributed by atoms with Crippen LogP contribution in [0.4, 0.5) is 0 Å². The highest BCUT2D eigenvalue weighted by atomic mass is 16.4. The largest absolute Gasteiger partial charge is 0.526 e. The molecular formula is C11H11BO3. The molecule has 0 bridgehead atoms. The summed E-state index contributed by atoms with van der Waals surface area (Å²) in [6.45, 7) is 2.01. The molecule has 0 amide bonds. The Hall–Kier alpha value is -1.52. The molecule has 0 unspecified atom stereocenters. The van der Waals surface area contributed by atoms with Gasteiger partial charge in [-0.05, 0) is 18.6 Å². The Morgan fingerprint density at radius 1 is 1.13 bits per heavy atom. The standard InChI is InChI=1S/C11H11BO3/c1-8-3-2-4-9(5-8)10-6-11(12(13)14)15-7-10/h2-7,13-14H,1H3. The maximum atomic E-state index is 8.90. The van der Waals surface area contributed by atoms with E-state index in [1.165, 1.54) is 6.26 Å². The van der Waals surface area contributed by atoms with Crippen LogP contribution >= 0.6 is 0 Å². The lowest BCUT2D eigenvalue weighted by atomic mass is 9.87. The minimum atomic E-state index is -1.55. The average Bonchev–Trinajstić information content (AvgIpc) is 2.66. The van der Waals surface area contributed by atoms with Crippen LogP contribution < -0.4 is 5.66 Å². The summed E-state index contributed by atoms with van der Waals surface area (Å²) in [7, 11) is -1.55. The minimum absolute atomic E-state index is 0.159. The summed E-state index contributed by atoms with van der Waals surface area (Å²) in [5, 5.41) is 17.8. The van der Waals surface area contributed by atoms with Gasteiger partial charge in [0.1, 0.15) is 5.66 Å². The normalized spacial score (nSPS) is 10.3. The molecule has 0 aliphatic rings. The lowest BCUT2D eigenvalue weighted by molar-refractivity contribution is 0.409. The van der Waals surface area contributed by atoms with Crippen molar-refractivity contribution in [2.75, 3.05) is 0 Å². The van der Waals surface area contributed by atoms with E-state index in [0.717, 1.165) is 16.7 Å². The molecular weight excluding hydrogens is 191 g/mol. The summed E-state index contributed by atoms with van der Waals surface area (Å²) in [6.07, 6.45) is 1.52. The van der Waals surface area contributed by atoms with Crippen LogP contribution in [0.3, 0.4) is 0 Å². The van der Waals surface area contributed by atoms with E-state index < -0.39 is 7.12 Å². The fraction of sp³-hybridized carbons (Fsp3) is 0.0909. The molecule has 0 fully saturated rings. The quantitative estimate of drug-likeness (QED) is 0.712. The number of furan rings is 1. The Labute approximate surface area is 88.1 Å². The van der Waals surface area contributed by atoms with Crippen molar-refractivity contribution in [3.05, 3.63) is 42.2 Å². The molecule has 3 nitrogen and oxygen atoms in total. The first kappa shape index (κ1) is 10.0. The monoisotopic (exact) mass is 202 g/mol. The molecule has 0 atom stereocenters. The van der Waals surface area contributed by atoms with Crippen LogP contribution in [0.1, 0.15) is 5.56 Å². The first-order chi connectivity index (χ1) is 7.16. The SMILES string of the molecule is Cc1cccc(-c2coc(B(O)O)c2)c1. The molecule has 2 rings (SSSR count). The van der Waals surface area contributed by atoms with Gasteiger partial charge in [0.05, 0.1) is 6.26 Å². The fourth-order valence-electron chi connectivity index (χ4n) is 1.46. The summed E-state index contributed by atoms with van der Waals surface area (Å²) in [4.78, 5) is 0. The molecule has 15 heavy (non-hydrogen) atoms. The van der Waals surface area contributed by atoms with E-state index in [2.05, 4.69) is 0 Å². The van der Waals surface area contributed by atoms with Crippen molar-refractivity contribution in [3.63, 3.8) is 0 Å². The van der Waals surface area contributed by atoms with E-state index >= 15 is 0 Å². The highest BCUT2D eigenvalue weighted by Gasteiger charge is 2.16. The summed E-state index contributed by atoms with van der Waals surface area (Å²) >= 11 is 0. The maximum Gasteiger partial charge on any atom is 0.526 e. The first-order valence-electron chi connectivity index (χ1n) is 4.68. The highest BCUT2D eigenvalue weighted by Crippen LogP contribution is 2.19. The van der Waals surface area contributed by atoms with Crippen molar-refractivity contribution >= 4 is 12.8 Å². The van der Waals surface area contributed by atoms with Gasteiger partial charge in [0.2, 0.25) is 0 Å². The predicted molar refractivity (Wildman–Crippen MR) is 58.7 cm³/mol. The predicted octanol–water partition coefficient (Wildman–Crippen LogP) is 0.935. The average molecular weight is 202 g/mol. The second kappa shape index (κ2) is 3.92. The summed E-state index contributed by atoms with van der Waals surface area (Å²) in [5.41, 5.74) is 3.17. The van der Waals surface area contributed by atoms with Crippen LogP contribution in [0.5, 0.6) is 0 Å². The third-order valence-corrected chi connectivity index (χ3v) is 2.23. The molecule has 4 heteroatoms. The van der Waals surface area contributed by atoms with Crippen LogP contribution in [-0.2, 0) is 0 Å².